The van der Waals surface area contributed by atoms with Crippen LogP contribution in [0.2, 0.25) is 0 Å². The van der Waals surface area contributed by atoms with Gasteiger partial charge in [0.25, 0.3) is 11.8 Å². The number of carbonyl (C=O) groups is 4. The van der Waals surface area contributed by atoms with Crippen LogP contribution in [0.25, 0.3) is 0 Å². The third-order valence-electron chi connectivity index (χ3n) is 6.77. The van der Waals surface area contributed by atoms with Crippen LogP contribution in [0.5, 0.6) is 5.75 Å². The maximum Gasteiger partial charge on any atom is 0.266 e. The zero-order valence-electron chi connectivity index (χ0n) is 24.8. The Labute approximate surface area is 257 Å². The SMILES string of the molecule is CC(COCCOCCOCCOCCOCCCCCCCl)Oc1cccc2c1C(=O)N(C1CCC(=O)NC1=O)C2=O. The van der Waals surface area contributed by atoms with E-state index in [2.05, 4.69) is 5.32 Å². The van der Waals surface area contributed by atoms with Crippen molar-refractivity contribution in [1.29, 1.82) is 0 Å². The van der Waals surface area contributed by atoms with Gasteiger partial charge in [0, 0.05) is 18.9 Å². The van der Waals surface area contributed by atoms with E-state index < -0.39 is 35.8 Å². The number of amides is 4. The normalized spacial score (nSPS) is 17.3. The van der Waals surface area contributed by atoms with Gasteiger partial charge in [0.05, 0.1) is 70.6 Å². The Kier molecular flexibility index (Phi) is 15.9. The van der Waals surface area contributed by atoms with Crippen LogP contribution < -0.4 is 10.1 Å². The summed E-state index contributed by atoms with van der Waals surface area (Å²) in [7, 11) is 0. The van der Waals surface area contributed by atoms with Crippen molar-refractivity contribution in [2.24, 2.45) is 0 Å². The van der Waals surface area contributed by atoms with Gasteiger partial charge in [-0.1, -0.05) is 18.9 Å². The summed E-state index contributed by atoms with van der Waals surface area (Å²) < 4.78 is 33.5. The number of nitrogens with one attached hydrogen (secondary N) is 1. The summed E-state index contributed by atoms with van der Waals surface area (Å²) in [4.78, 5) is 50.8. The predicted octanol–water partition coefficient (Wildman–Crippen LogP) is 2.74. The van der Waals surface area contributed by atoms with Gasteiger partial charge in [0.2, 0.25) is 11.8 Å². The number of nitrogens with zero attached hydrogens (tertiary/aromatic N) is 1. The molecule has 2 heterocycles. The predicted molar refractivity (Wildman–Crippen MR) is 156 cm³/mol. The van der Waals surface area contributed by atoms with Crippen molar-refractivity contribution in [1.82, 2.24) is 10.2 Å². The fourth-order valence-corrected chi connectivity index (χ4v) is 4.80. The highest BCUT2D eigenvalue weighted by Crippen LogP contribution is 2.34. The van der Waals surface area contributed by atoms with Gasteiger partial charge >= 0.3 is 0 Å². The lowest BCUT2D eigenvalue weighted by molar-refractivity contribution is -0.136. The van der Waals surface area contributed by atoms with Gasteiger partial charge in [-0.15, -0.1) is 11.6 Å². The molecule has 2 aliphatic rings. The minimum Gasteiger partial charge on any atom is -0.487 e. The van der Waals surface area contributed by atoms with E-state index in [4.69, 9.17) is 40.0 Å². The molecule has 43 heavy (non-hydrogen) atoms. The summed E-state index contributed by atoms with van der Waals surface area (Å²) in [6.07, 6.45) is 4.12. The summed E-state index contributed by atoms with van der Waals surface area (Å²) in [5, 5.41) is 2.19. The van der Waals surface area contributed by atoms with Crippen LogP contribution in [-0.4, -0.2) is 113 Å². The van der Waals surface area contributed by atoms with Crippen molar-refractivity contribution in [2.75, 3.05) is 71.9 Å². The van der Waals surface area contributed by atoms with Gasteiger partial charge in [-0.05, 0) is 38.3 Å². The van der Waals surface area contributed by atoms with Crippen LogP contribution in [0.15, 0.2) is 18.2 Å². The summed E-state index contributed by atoms with van der Waals surface area (Å²) in [6, 6.07) is 3.71. The number of unbranched alkanes of at least 4 members (excludes halogenated alkanes) is 3. The van der Waals surface area contributed by atoms with Crippen LogP contribution in [-0.2, 0) is 33.3 Å². The number of ether oxygens (including phenoxy) is 6. The van der Waals surface area contributed by atoms with Crippen molar-refractivity contribution in [3.05, 3.63) is 29.3 Å². The topological polar surface area (TPSA) is 139 Å². The molecule has 2 aliphatic heterocycles. The number of rotatable bonds is 23. The van der Waals surface area contributed by atoms with E-state index in [1.807, 2.05) is 0 Å². The molecule has 0 spiro atoms. The second-order valence-corrected chi connectivity index (χ2v) is 10.6. The first-order valence-electron chi connectivity index (χ1n) is 14.9. The number of alkyl halides is 1. The second-order valence-electron chi connectivity index (χ2n) is 10.2. The second kappa shape index (κ2) is 19.6. The van der Waals surface area contributed by atoms with Crippen LogP contribution in [0.4, 0.5) is 0 Å². The maximum atomic E-state index is 13.2. The monoisotopic (exact) mass is 626 g/mol. The Morgan fingerprint density at radius 1 is 0.814 bits per heavy atom. The molecule has 1 aromatic rings. The summed E-state index contributed by atoms with van der Waals surface area (Å²) >= 11 is 5.65. The highest BCUT2D eigenvalue weighted by molar-refractivity contribution is 6.24. The van der Waals surface area contributed by atoms with Gasteiger partial charge in [0.15, 0.2) is 0 Å². The summed E-state index contributed by atoms with van der Waals surface area (Å²) in [5.74, 6) is -1.32. The fraction of sp³-hybridized carbons (Fsp3) is 0.667. The molecule has 1 saturated heterocycles. The Bertz CT molecular complexity index is 1060. The molecule has 3 rings (SSSR count). The Morgan fingerprint density at radius 2 is 1.42 bits per heavy atom. The molecule has 0 aliphatic carbocycles. The van der Waals surface area contributed by atoms with Crippen LogP contribution in [0, 0.1) is 0 Å². The van der Waals surface area contributed by atoms with Crippen LogP contribution in [0.3, 0.4) is 0 Å². The molecule has 1 aromatic carbocycles. The Balaban J connectivity index is 1.21. The lowest BCUT2D eigenvalue weighted by Gasteiger charge is -2.27. The third kappa shape index (κ3) is 11.4. The van der Waals surface area contributed by atoms with E-state index in [0.717, 1.165) is 43.1 Å². The molecule has 1 fully saturated rings. The van der Waals surface area contributed by atoms with E-state index in [1.165, 1.54) is 6.07 Å². The van der Waals surface area contributed by atoms with E-state index in [-0.39, 0.29) is 36.3 Å². The zero-order valence-corrected chi connectivity index (χ0v) is 25.6. The van der Waals surface area contributed by atoms with E-state index in [9.17, 15) is 19.2 Å². The van der Waals surface area contributed by atoms with E-state index in [1.54, 1.807) is 19.1 Å². The molecule has 2 unspecified atom stereocenters. The average Bonchev–Trinajstić information content (AvgIpc) is 3.24. The third-order valence-corrected chi connectivity index (χ3v) is 7.04. The van der Waals surface area contributed by atoms with Crippen molar-refractivity contribution in [3.8, 4) is 5.75 Å². The number of piperidine rings is 1. The van der Waals surface area contributed by atoms with Crippen LogP contribution in [0.1, 0.15) is 66.2 Å². The lowest BCUT2D eigenvalue weighted by Crippen LogP contribution is -2.54. The van der Waals surface area contributed by atoms with Gasteiger partial charge in [-0.25, -0.2) is 0 Å². The molecule has 240 valence electrons. The zero-order chi connectivity index (χ0) is 30.9. The molecule has 4 amide bonds. The minimum atomic E-state index is -1.03. The lowest BCUT2D eigenvalue weighted by atomic mass is 10.0. The number of fused-ring (bicyclic) bond motifs is 1. The number of benzene rings is 1. The highest BCUT2D eigenvalue weighted by atomic mass is 35.5. The van der Waals surface area contributed by atoms with Gasteiger partial charge in [-0.3, -0.25) is 29.4 Å². The van der Waals surface area contributed by atoms with E-state index in [0.29, 0.717) is 52.9 Å². The number of hydrogen-bond donors (Lipinski definition) is 1. The van der Waals surface area contributed by atoms with Crippen LogP contribution >= 0.6 is 11.6 Å². The fourth-order valence-electron chi connectivity index (χ4n) is 4.61. The van der Waals surface area contributed by atoms with Crippen molar-refractivity contribution in [2.45, 2.75) is 57.6 Å². The Morgan fingerprint density at radius 3 is 2.05 bits per heavy atom. The molecule has 12 nitrogen and oxygen atoms in total. The first-order valence-corrected chi connectivity index (χ1v) is 15.4. The molecule has 0 radical (unpaired) electrons. The van der Waals surface area contributed by atoms with Gasteiger partial charge in [0.1, 0.15) is 17.9 Å². The first-order chi connectivity index (χ1) is 20.9. The highest BCUT2D eigenvalue weighted by Gasteiger charge is 2.46. The largest absolute Gasteiger partial charge is 0.487 e. The van der Waals surface area contributed by atoms with Gasteiger partial charge < -0.3 is 28.4 Å². The maximum absolute atomic E-state index is 13.2. The smallest absolute Gasteiger partial charge is 0.266 e. The van der Waals surface area contributed by atoms with E-state index >= 15 is 0 Å². The van der Waals surface area contributed by atoms with Crippen molar-refractivity contribution >= 4 is 35.2 Å². The molecule has 1 N–H and O–H groups in total. The molecular formula is C30H43ClN2O10. The number of imide groups is 2. The average molecular weight is 627 g/mol. The molecule has 2 atom stereocenters. The quantitative estimate of drug-likeness (QED) is 0.110. The number of halogens is 1. The number of hydrogen-bond acceptors (Lipinski definition) is 10. The standard InChI is InChI=1S/C30H43ClN2O10/c1-22(21-42-20-19-41-18-17-40-16-15-39-14-13-38-12-5-3-2-4-11-31)43-25-8-6-7-23-27(25)30(37)33(29(23)36)24-9-10-26(34)32-28(24)35/h6-8,22,24H,2-5,9-21H2,1H3,(H,32,34,35). The minimum absolute atomic E-state index is 0.0561. The van der Waals surface area contributed by atoms with Crippen molar-refractivity contribution in [3.63, 3.8) is 0 Å². The number of carbonyl (C=O) groups excluding carboxylic acids is 4. The summed E-state index contributed by atoms with van der Waals surface area (Å²) in [5.41, 5.74) is 0.271. The Hall–Kier alpha value is -2.61. The van der Waals surface area contributed by atoms with Gasteiger partial charge in [-0.2, -0.15) is 0 Å². The molecule has 0 saturated carbocycles. The summed E-state index contributed by atoms with van der Waals surface area (Å²) in [6.45, 7) is 6.47. The first kappa shape index (κ1) is 34.9. The molecule has 0 bridgehead atoms. The molecule has 0 aromatic heterocycles. The molecule has 13 heteroatoms. The molecular weight excluding hydrogens is 584 g/mol. The van der Waals surface area contributed by atoms with Crippen molar-refractivity contribution < 1.29 is 47.6 Å².